The van der Waals surface area contributed by atoms with Crippen molar-refractivity contribution in [1.29, 1.82) is 0 Å². The van der Waals surface area contributed by atoms with E-state index in [4.69, 9.17) is 0 Å². The van der Waals surface area contributed by atoms with Crippen molar-refractivity contribution in [2.45, 2.75) is 52.1 Å². The zero-order valence-corrected chi connectivity index (χ0v) is 16.8. The summed E-state index contributed by atoms with van der Waals surface area (Å²) in [6.07, 6.45) is 9.22. The monoisotopic (exact) mass is 383 g/mol. The molecule has 1 aliphatic heterocycles. The van der Waals surface area contributed by atoms with E-state index in [1.807, 2.05) is 43.3 Å². The summed E-state index contributed by atoms with van der Waals surface area (Å²) in [4.78, 5) is 34.9. The highest BCUT2D eigenvalue weighted by Gasteiger charge is 2.32. The van der Waals surface area contributed by atoms with Gasteiger partial charge in [0, 0.05) is 57.3 Å². The van der Waals surface area contributed by atoms with Crippen LogP contribution in [-0.4, -0.2) is 50.4 Å². The number of hydrogen-bond donors (Lipinski definition) is 1. The molecule has 7 nitrogen and oxygen atoms in total. The Kier molecular flexibility index (Phi) is 6.44. The van der Waals surface area contributed by atoms with Crippen LogP contribution in [0.25, 0.3) is 0 Å². The second kappa shape index (κ2) is 8.99. The van der Waals surface area contributed by atoms with Crippen LogP contribution in [-0.2, 0) is 16.1 Å². The van der Waals surface area contributed by atoms with Gasteiger partial charge < -0.3 is 14.8 Å². The number of carbonyl (C=O) groups is 2. The molecule has 1 atom stereocenters. The van der Waals surface area contributed by atoms with E-state index in [9.17, 15) is 9.59 Å². The van der Waals surface area contributed by atoms with E-state index in [1.165, 1.54) is 12.5 Å². The lowest BCUT2D eigenvalue weighted by Gasteiger charge is -2.35. The summed E-state index contributed by atoms with van der Waals surface area (Å²) in [6, 6.07) is 3.57. The van der Waals surface area contributed by atoms with Crippen molar-refractivity contribution in [3.05, 3.63) is 48.3 Å². The summed E-state index contributed by atoms with van der Waals surface area (Å²) in [7, 11) is 0. The number of nitrogens with zero attached hydrogens (tertiary/aromatic N) is 4. The summed E-state index contributed by atoms with van der Waals surface area (Å²) in [6.45, 7) is 7.53. The maximum atomic E-state index is 12.9. The molecule has 0 radical (unpaired) electrons. The number of amides is 2. The lowest BCUT2D eigenvalue weighted by atomic mass is 9.94. The Morgan fingerprint density at radius 2 is 1.86 bits per heavy atom. The molecule has 150 valence electrons. The van der Waals surface area contributed by atoms with Crippen molar-refractivity contribution in [1.82, 2.24) is 24.8 Å². The number of piperidine rings is 1. The van der Waals surface area contributed by atoms with Gasteiger partial charge >= 0.3 is 0 Å². The van der Waals surface area contributed by atoms with Crippen molar-refractivity contribution in [2.24, 2.45) is 5.92 Å². The fourth-order valence-corrected chi connectivity index (χ4v) is 3.79. The first-order valence-corrected chi connectivity index (χ1v) is 9.91. The molecule has 0 spiro atoms. The average Bonchev–Trinajstić information content (AvgIpc) is 3.14. The second-order valence-electron chi connectivity index (χ2n) is 7.79. The number of hydrogen-bond acceptors (Lipinski definition) is 4. The highest BCUT2D eigenvalue weighted by molar-refractivity contribution is 5.87. The van der Waals surface area contributed by atoms with Gasteiger partial charge in [0.2, 0.25) is 11.8 Å². The van der Waals surface area contributed by atoms with Crippen LogP contribution in [0.5, 0.6) is 0 Å². The Labute approximate surface area is 166 Å². The van der Waals surface area contributed by atoms with Crippen LogP contribution < -0.4 is 5.32 Å². The van der Waals surface area contributed by atoms with E-state index in [2.05, 4.69) is 19.9 Å². The molecule has 1 aliphatic rings. The van der Waals surface area contributed by atoms with Crippen molar-refractivity contribution >= 4 is 11.8 Å². The highest BCUT2D eigenvalue weighted by Crippen LogP contribution is 2.28. The normalized spacial score (nSPS) is 16.2. The van der Waals surface area contributed by atoms with Crippen molar-refractivity contribution < 1.29 is 9.59 Å². The van der Waals surface area contributed by atoms with Gasteiger partial charge in [-0.1, -0.05) is 13.8 Å². The van der Waals surface area contributed by atoms with Crippen LogP contribution in [0.1, 0.15) is 50.9 Å². The molecule has 28 heavy (non-hydrogen) atoms. The third kappa shape index (κ3) is 4.77. The summed E-state index contributed by atoms with van der Waals surface area (Å²) in [5.74, 6) is 1.32. The van der Waals surface area contributed by atoms with E-state index in [-0.39, 0.29) is 17.7 Å². The number of nitrogens with one attached hydrogen (secondary N) is 1. The third-order valence-corrected chi connectivity index (χ3v) is 5.31. The van der Waals surface area contributed by atoms with Gasteiger partial charge in [-0.2, -0.15) is 0 Å². The Balaban J connectivity index is 1.62. The lowest BCUT2D eigenvalue weighted by Crippen LogP contribution is -2.52. The van der Waals surface area contributed by atoms with Crippen LogP contribution in [0, 0.1) is 5.92 Å². The smallest absolute Gasteiger partial charge is 0.245 e. The van der Waals surface area contributed by atoms with Crippen LogP contribution >= 0.6 is 0 Å². The number of rotatable bonds is 6. The van der Waals surface area contributed by atoms with Gasteiger partial charge in [0.1, 0.15) is 11.9 Å². The second-order valence-corrected chi connectivity index (χ2v) is 7.79. The fraction of sp³-hybridized carbons (Fsp3) is 0.524. The maximum absolute atomic E-state index is 12.9. The molecule has 3 rings (SSSR count). The van der Waals surface area contributed by atoms with Crippen LogP contribution in [0.2, 0.25) is 0 Å². The van der Waals surface area contributed by atoms with Crippen molar-refractivity contribution in [3.8, 4) is 0 Å². The molecule has 0 bridgehead atoms. The number of carbonyl (C=O) groups excluding carboxylic acids is 2. The Morgan fingerprint density at radius 3 is 2.46 bits per heavy atom. The Morgan fingerprint density at radius 1 is 1.18 bits per heavy atom. The van der Waals surface area contributed by atoms with Crippen molar-refractivity contribution in [2.75, 3.05) is 13.1 Å². The minimum atomic E-state index is -0.456. The van der Waals surface area contributed by atoms with Gasteiger partial charge in [0.05, 0.1) is 0 Å². The third-order valence-electron chi connectivity index (χ3n) is 5.31. The zero-order valence-electron chi connectivity index (χ0n) is 16.8. The van der Waals surface area contributed by atoms with Gasteiger partial charge in [0.25, 0.3) is 0 Å². The molecular weight excluding hydrogens is 354 g/mol. The summed E-state index contributed by atoms with van der Waals surface area (Å²) >= 11 is 0. The average molecular weight is 383 g/mol. The van der Waals surface area contributed by atoms with E-state index in [1.54, 1.807) is 12.4 Å². The Bertz CT molecular complexity index is 794. The minimum Gasteiger partial charge on any atom is -0.344 e. The highest BCUT2D eigenvalue weighted by atomic mass is 16.2. The zero-order chi connectivity index (χ0) is 20.1. The number of imidazole rings is 1. The van der Waals surface area contributed by atoms with Gasteiger partial charge in [-0.25, -0.2) is 4.98 Å². The first-order valence-electron chi connectivity index (χ1n) is 9.91. The van der Waals surface area contributed by atoms with Crippen LogP contribution in [0.3, 0.4) is 0 Å². The molecule has 7 heteroatoms. The topological polar surface area (TPSA) is 80.1 Å². The summed E-state index contributed by atoms with van der Waals surface area (Å²) in [5, 5.41) is 2.80. The molecule has 2 aromatic rings. The van der Waals surface area contributed by atoms with Gasteiger partial charge in [-0.3, -0.25) is 14.6 Å². The van der Waals surface area contributed by atoms with E-state index < -0.39 is 6.04 Å². The first-order chi connectivity index (χ1) is 13.5. The van der Waals surface area contributed by atoms with E-state index in [0.29, 0.717) is 19.0 Å². The maximum Gasteiger partial charge on any atom is 0.245 e. The summed E-state index contributed by atoms with van der Waals surface area (Å²) < 4.78 is 2.19. The molecule has 0 unspecified atom stereocenters. The molecule has 1 N–H and O–H groups in total. The summed E-state index contributed by atoms with van der Waals surface area (Å²) in [5.41, 5.74) is 1.19. The quantitative estimate of drug-likeness (QED) is 0.829. The SMILES string of the molecule is CC(=O)N[C@@H](C(=O)N1CCC(c2nccn2Cc2ccncc2)CC1)C(C)C. The molecule has 0 aromatic carbocycles. The number of likely N-dealkylation sites (tertiary alicyclic amines) is 1. The van der Waals surface area contributed by atoms with E-state index in [0.717, 1.165) is 25.2 Å². The predicted octanol–water partition coefficient (Wildman–Crippen LogP) is 2.19. The van der Waals surface area contributed by atoms with Crippen molar-refractivity contribution in [3.63, 3.8) is 0 Å². The number of pyridine rings is 1. The van der Waals surface area contributed by atoms with Gasteiger partial charge in [0.15, 0.2) is 0 Å². The molecular formula is C21H29N5O2. The molecule has 2 aromatic heterocycles. The Hall–Kier alpha value is -2.70. The van der Waals surface area contributed by atoms with Crippen LogP contribution in [0.4, 0.5) is 0 Å². The predicted molar refractivity (Wildman–Crippen MR) is 107 cm³/mol. The first kappa shape index (κ1) is 20.0. The molecule has 0 saturated carbocycles. The molecule has 3 heterocycles. The van der Waals surface area contributed by atoms with Gasteiger partial charge in [-0.05, 0) is 36.5 Å². The molecule has 1 saturated heterocycles. The largest absolute Gasteiger partial charge is 0.344 e. The molecule has 1 fully saturated rings. The van der Waals surface area contributed by atoms with E-state index >= 15 is 0 Å². The van der Waals surface area contributed by atoms with Crippen LogP contribution in [0.15, 0.2) is 36.9 Å². The minimum absolute atomic E-state index is 0.0174. The number of aromatic nitrogens is 3. The standard InChI is InChI=1S/C21H29N5O2/c1-15(2)19(24-16(3)27)21(28)25-11-6-18(7-12-25)20-23-10-13-26(20)14-17-4-8-22-9-5-17/h4-5,8-10,13,15,18-19H,6-7,11-12,14H2,1-3H3,(H,24,27)/t19-/m1/s1. The molecule has 2 amide bonds. The molecule has 0 aliphatic carbocycles. The lowest BCUT2D eigenvalue weighted by molar-refractivity contribution is -0.138. The fourth-order valence-electron chi connectivity index (χ4n) is 3.79. The van der Waals surface area contributed by atoms with Gasteiger partial charge in [-0.15, -0.1) is 0 Å².